The van der Waals surface area contributed by atoms with E-state index in [1.165, 1.54) is 6.07 Å². The summed E-state index contributed by atoms with van der Waals surface area (Å²) in [6.07, 6.45) is 0. The molecular weight excluding hydrogens is 232 g/mol. The number of nitrogens with two attached hydrogens (primary N) is 1. The zero-order chi connectivity index (χ0) is 12.7. The molecule has 0 bridgehead atoms. The Balaban J connectivity index is 0.000000325. The van der Waals surface area contributed by atoms with Crippen molar-refractivity contribution in [3.63, 3.8) is 0 Å². The fourth-order valence-corrected chi connectivity index (χ4v) is 0.469. The number of aromatic amines is 1. The van der Waals surface area contributed by atoms with E-state index in [1.807, 2.05) is 0 Å². The second kappa shape index (κ2) is 6.16. The van der Waals surface area contributed by atoms with E-state index >= 15 is 0 Å². The summed E-state index contributed by atoms with van der Waals surface area (Å²) in [6, 6.07) is 1.17. The van der Waals surface area contributed by atoms with Gasteiger partial charge in [-0.25, -0.2) is 9.59 Å². The number of aromatic nitrogens is 2. The Labute approximate surface area is 86.6 Å². The lowest BCUT2D eigenvalue weighted by Crippen LogP contribution is -2.09. The maximum absolute atomic E-state index is 11.4. The summed E-state index contributed by atoms with van der Waals surface area (Å²) >= 11 is 0. The molecule has 8 nitrogen and oxygen atoms in total. The van der Waals surface area contributed by atoms with Gasteiger partial charge >= 0.3 is 18.6 Å². The summed E-state index contributed by atoms with van der Waals surface area (Å²) in [6.45, 7) is -2.86. The van der Waals surface area contributed by atoms with Crippen LogP contribution in [0.25, 0.3) is 0 Å². The number of carboxylic acid groups (broad SMARTS) is 2. The molecule has 0 saturated heterocycles. The van der Waals surface area contributed by atoms with Crippen molar-refractivity contribution in [3.8, 4) is 5.88 Å². The van der Waals surface area contributed by atoms with Gasteiger partial charge in [-0.05, 0) is 0 Å². The SMILES string of the molecule is Nc1cc(OC(F)F)n[nH]1.O=C(O)C(=O)O. The molecule has 1 aromatic rings. The summed E-state index contributed by atoms with van der Waals surface area (Å²) < 4.78 is 26.7. The van der Waals surface area contributed by atoms with E-state index in [2.05, 4.69) is 14.9 Å². The minimum atomic E-state index is -2.86. The summed E-state index contributed by atoms with van der Waals surface area (Å²) in [5.41, 5.74) is 5.11. The lowest BCUT2D eigenvalue weighted by Gasteiger charge is -1.96. The number of nitrogens with one attached hydrogen (secondary N) is 1. The molecule has 0 aromatic carbocycles. The highest BCUT2D eigenvalue weighted by Gasteiger charge is 2.05. The second-order valence-corrected chi connectivity index (χ2v) is 2.15. The van der Waals surface area contributed by atoms with Crippen LogP contribution in [-0.4, -0.2) is 39.0 Å². The predicted octanol–water partition coefficient (Wildman–Crippen LogP) is -0.251. The number of carbonyl (C=O) groups is 2. The van der Waals surface area contributed by atoms with Crippen LogP contribution in [0.5, 0.6) is 5.88 Å². The number of halogens is 2. The van der Waals surface area contributed by atoms with Gasteiger partial charge in [0.1, 0.15) is 5.82 Å². The van der Waals surface area contributed by atoms with Gasteiger partial charge in [0.25, 0.3) is 0 Å². The van der Waals surface area contributed by atoms with E-state index in [0.29, 0.717) is 0 Å². The number of alkyl halides is 2. The van der Waals surface area contributed by atoms with Crippen LogP contribution >= 0.6 is 0 Å². The molecule has 0 spiro atoms. The third-order valence-electron chi connectivity index (χ3n) is 0.967. The molecule has 1 rings (SSSR count). The molecule has 0 saturated carbocycles. The average Bonchev–Trinajstić information content (AvgIpc) is 2.50. The van der Waals surface area contributed by atoms with Crippen molar-refractivity contribution in [2.75, 3.05) is 5.73 Å². The van der Waals surface area contributed by atoms with Crippen molar-refractivity contribution in [1.82, 2.24) is 10.2 Å². The van der Waals surface area contributed by atoms with Crippen molar-refractivity contribution in [1.29, 1.82) is 0 Å². The quantitative estimate of drug-likeness (QED) is 0.521. The lowest BCUT2D eigenvalue weighted by molar-refractivity contribution is -0.159. The van der Waals surface area contributed by atoms with E-state index in [0.717, 1.165) is 0 Å². The van der Waals surface area contributed by atoms with E-state index in [1.54, 1.807) is 0 Å². The number of carboxylic acids is 2. The van der Waals surface area contributed by atoms with Crippen LogP contribution in [-0.2, 0) is 9.59 Å². The highest BCUT2D eigenvalue weighted by atomic mass is 19.3. The van der Waals surface area contributed by atoms with Gasteiger partial charge in [0, 0.05) is 6.07 Å². The van der Waals surface area contributed by atoms with Gasteiger partial charge in [0.05, 0.1) is 0 Å². The molecule has 10 heteroatoms. The molecule has 0 aliphatic carbocycles. The molecule has 0 aliphatic rings. The number of ether oxygens (including phenoxy) is 1. The molecule has 0 amide bonds. The molecule has 90 valence electrons. The van der Waals surface area contributed by atoms with Crippen LogP contribution in [0.1, 0.15) is 0 Å². The van der Waals surface area contributed by atoms with Gasteiger partial charge < -0.3 is 20.7 Å². The number of H-pyrrole nitrogens is 1. The molecule has 5 N–H and O–H groups in total. The summed E-state index contributed by atoms with van der Waals surface area (Å²) in [7, 11) is 0. The largest absolute Gasteiger partial charge is 0.473 e. The standard InChI is InChI=1S/C4H5F2N3O.C2H2O4/c5-4(6)10-3-1-2(7)8-9-3;3-1(4)2(5)6/h1,4H,(H3,7,8,9);(H,3,4)(H,5,6). The number of nitrogens with zero attached hydrogens (tertiary/aromatic N) is 1. The maximum atomic E-state index is 11.4. The van der Waals surface area contributed by atoms with E-state index < -0.39 is 18.6 Å². The minimum absolute atomic E-state index is 0.190. The first-order valence-electron chi connectivity index (χ1n) is 3.54. The fraction of sp³-hybridized carbons (Fsp3) is 0.167. The van der Waals surface area contributed by atoms with Crippen LogP contribution in [0.15, 0.2) is 6.07 Å². The van der Waals surface area contributed by atoms with Crippen molar-refractivity contribution >= 4 is 17.8 Å². The molecular formula is C6H7F2N3O5. The third-order valence-corrected chi connectivity index (χ3v) is 0.967. The monoisotopic (exact) mass is 239 g/mol. The summed E-state index contributed by atoms with van der Waals surface area (Å²) in [4.78, 5) is 18.2. The van der Waals surface area contributed by atoms with Gasteiger partial charge in [-0.1, -0.05) is 0 Å². The number of rotatable bonds is 2. The number of hydrogen-bond donors (Lipinski definition) is 4. The number of hydrogen-bond acceptors (Lipinski definition) is 5. The van der Waals surface area contributed by atoms with Crippen molar-refractivity contribution < 1.29 is 33.3 Å². The van der Waals surface area contributed by atoms with E-state index in [-0.39, 0.29) is 11.7 Å². The zero-order valence-corrected chi connectivity index (χ0v) is 7.55. The Hall–Kier alpha value is -2.39. The predicted molar refractivity (Wildman–Crippen MR) is 44.9 cm³/mol. The Morgan fingerprint density at radius 2 is 1.94 bits per heavy atom. The molecule has 0 fully saturated rings. The number of anilines is 1. The lowest BCUT2D eigenvalue weighted by atomic mass is 10.6. The summed E-state index contributed by atoms with van der Waals surface area (Å²) in [5.74, 6) is -3.66. The topological polar surface area (TPSA) is 139 Å². The molecule has 1 heterocycles. The van der Waals surface area contributed by atoms with Gasteiger partial charge in [0.2, 0.25) is 5.88 Å². The summed E-state index contributed by atoms with van der Waals surface area (Å²) in [5, 5.41) is 20.3. The highest BCUT2D eigenvalue weighted by Crippen LogP contribution is 2.11. The number of nitrogen functional groups attached to an aromatic ring is 1. The smallest absolute Gasteiger partial charge is 0.414 e. The Morgan fingerprint density at radius 1 is 1.44 bits per heavy atom. The average molecular weight is 239 g/mol. The van der Waals surface area contributed by atoms with Crippen LogP contribution in [0.3, 0.4) is 0 Å². The molecule has 0 atom stereocenters. The van der Waals surface area contributed by atoms with Gasteiger partial charge in [-0.2, -0.15) is 8.78 Å². The Kier molecular flexibility index (Phi) is 5.24. The maximum Gasteiger partial charge on any atom is 0.414 e. The first-order chi connectivity index (χ1) is 7.32. The minimum Gasteiger partial charge on any atom is -0.473 e. The zero-order valence-electron chi connectivity index (χ0n) is 7.55. The van der Waals surface area contributed by atoms with Gasteiger partial charge in [-0.3, -0.25) is 5.10 Å². The third kappa shape index (κ3) is 6.12. The highest BCUT2D eigenvalue weighted by molar-refractivity contribution is 6.27. The fourth-order valence-electron chi connectivity index (χ4n) is 0.469. The van der Waals surface area contributed by atoms with Crippen molar-refractivity contribution in [2.24, 2.45) is 0 Å². The van der Waals surface area contributed by atoms with Crippen LogP contribution < -0.4 is 10.5 Å². The molecule has 0 radical (unpaired) electrons. The molecule has 0 unspecified atom stereocenters. The number of aliphatic carboxylic acids is 2. The molecule has 16 heavy (non-hydrogen) atoms. The molecule has 1 aromatic heterocycles. The van der Waals surface area contributed by atoms with Gasteiger partial charge in [0.15, 0.2) is 0 Å². The van der Waals surface area contributed by atoms with E-state index in [9.17, 15) is 8.78 Å². The van der Waals surface area contributed by atoms with Crippen LogP contribution in [0.2, 0.25) is 0 Å². The normalized spacial score (nSPS) is 9.19. The first kappa shape index (κ1) is 13.6. The molecule has 0 aliphatic heterocycles. The van der Waals surface area contributed by atoms with Gasteiger partial charge in [-0.15, -0.1) is 5.10 Å². The van der Waals surface area contributed by atoms with Crippen LogP contribution in [0.4, 0.5) is 14.6 Å². The van der Waals surface area contributed by atoms with Crippen LogP contribution in [0, 0.1) is 0 Å². The van der Waals surface area contributed by atoms with E-state index in [4.69, 9.17) is 25.5 Å². The Bertz CT molecular complexity index is 355. The van der Waals surface area contributed by atoms with Crippen molar-refractivity contribution in [2.45, 2.75) is 6.61 Å². The first-order valence-corrected chi connectivity index (χ1v) is 3.54. The van der Waals surface area contributed by atoms with Crippen molar-refractivity contribution in [3.05, 3.63) is 6.07 Å². The Morgan fingerprint density at radius 3 is 2.19 bits per heavy atom. The second-order valence-electron chi connectivity index (χ2n) is 2.15.